The number of pyridine rings is 3. The fraction of sp³-hybridized carbons (Fsp3) is 0.194. The molecule has 0 aliphatic carbocycles. The maximum absolute atomic E-state index is 13.2. The van der Waals surface area contributed by atoms with E-state index in [4.69, 9.17) is 42.6 Å². The first-order valence-corrected chi connectivity index (χ1v) is 44.7. The number of carbonyl (C=O) groups is 12. The Morgan fingerprint density at radius 1 is 0.317 bits per heavy atom. The third-order valence-corrected chi connectivity index (χ3v) is 25.4. The number of hydrogen-bond acceptors (Lipinski definition) is 27. The molecule has 9 aliphatic heterocycles. The molecule has 0 radical (unpaired) electrons. The molecule has 13 aromatic rings. The van der Waals surface area contributed by atoms with Gasteiger partial charge in [0.2, 0.25) is 0 Å². The highest BCUT2D eigenvalue weighted by atomic mass is 16.5. The van der Waals surface area contributed by atoms with Gasteiger partial charge in [-0.25, -0.2) is 34.1 Å². The van der Waals surface area contributed by atoms with Gasteiger partial charge in [-0.1, -0.05) is 84.9 Å². The molecule has 39 nitrogen and oxygen atoms in total. The molecule has 13 heterocycles. The number of fused-ring (bicyclic) bond motifs is 5. The Morgan fingerprint density at radius 2 is 0.641 bits per heavy atom. The predicted octanol–water partition coefficient (Wildman–Crippen LogP) is 10.7. The minimum atomic E-state index is -1.45. The first-order chi connectivity index (χ1) is 68.9. The van der Waals surface area contributed by atoms with Crippen LogP contribution in [-0.2, 0) is 72.2 Å². The monoisotopic (exact) mass is 1910 g/mol. The van der Waals surface area contributed by atoms with Crippen LogP contribution in [0.1, 0.15) is 85.9 Å². The number of benzene rings is 9. The predicted molar refractivity (Wildman–Crippen MR) is 506 cm³/mol. The summed E-state index contributed by atoms with van der Waals surface area (Å²) in [4.78, 5) is 182. The van der Waals surface area contributed by atoms with Gasteiger partial charge in [0.15, 0.2) is 27.9 Å². The number of nitrogens with one attached hydrogen (secondary N) is 8. The molecule has 0 spiro atoms. The van der Waals surface area contributed by atoms with Gasteiger partial charge < -0.3 is 88.4 Å². The maximum atomic E-state index is 13.2. The fourth-order valence-corrected chi connectivity index (χ4v) is 18.2. The molecule has 22 rings (SSSR count). The summed E-state index contributed by atoms with van der Waals surface area (Å²) in [6.07, 6.45) is 11.0. The normalized spacial score (nSPS) is 19.4. The fourth-order valence-electron chi connectivity index (χ4n) is 18.2. The molecule has 0 unspecified atom stereocenters. The van der Waals surface area contributed by atoms with Crippen LogP contribution in [0.2, 0.25) is 0 Å². The Hall–Kier alpha value is -18.4. The van der Waals surface area contributed by atoms with Crippen LogP contribution >= 0.6 is 0 Å². The molecule has 5 fully saturated rings. The highest BCUT2D eigenvalue weighted by Crippen LogP contribution is 2.42. The van der Waals surface area contributed by atoms with Gasteiger partial charge in [-0.05, 0) is 184 Å². The van der Waals surface area contributed by atoms with Gasteiger partial charge in [-0.2, -0.15) is 0 Å². The summed E-state index contributed by atoms with van der Waals surface area (Å²) in [5.74, 6) is 4.61. The maximum Gasteiger partial charge on any atom is 0.322 e. The SMILES string of the molecule is COc1ccc2c(c1)C(=O)N(C[C@@]1(c3ccc(Oc4ccc(N5CCOCC5)nc4)cc3)NC(=O)NC1=O)C2.COc1ccc2c(c1)C(=O)N(C[C@@]1(c3ccc(Oc4ccnc5ccccc45)cc3)NC(=O)NC1=O)C2.COc1ccc2c(c1)C(=O)N(C[C@@]1(c3ccc(Oc4ccncc4)cc3)NC(=O)NC1=O)C2.COc1ccc2c(c1)C(=O)N(C[C@@]1(c3ccc(Oc4cncnc4)cc3)NC(=O)NC1=O)C2. The van der Waals surface area contributed by atoms with Crippen LogP contribution in [0, 0.1) is 0 Å². The second-order valence-corrected chi connectivity index (χ2v) is 34.0. The lowest BCUT2D eigenvalue weighted by Crippen LogP contribution is -2.52. The number of imide groups is 4. The number of nitrogens with zero attached hydrogens (tertiary/aromatic N) is 10. The molecule has 716 valence electrons. The Balaban J connectivity index is 0.000000120. The Bertz CT molecular complexity index is 6970. The van der Waals surface area contributed by atoms with Crippen LogP contribution in [0.4, 0.5) is 25.0 Å². The van der Waals surface area contributed by atoms with Crippen LogP contribution in [-0.4, -0.2) is 197 Å². The van der Waals surface area contributed by atoms with Crippen molar-refractivity contribution in [2.24, 2.45) is 0 Å². The van der Waals surface area contributed by atoms with E-state index in [1.165, 1.54) is 47.2 Å². The average molecular weight is 1910 g/mol. The molecule has 0 bridgehead atoms. The minimum Gasteiger partial charge on any atom is -0.497 e. The van der Waals surface area contributed by atoms with Crippen molar-refractivity contribution in [1.29, 1.82) is 0 Å². The van der Waals surface area contributed by atoms with Gasteiger partial charge in [0.25, 0.3) is 47.3 Å². The van der Waals surface area contributed by atoms with Gasteiger partial charge >= 0.3 is 24.1 Å². The lowest BCUT2D eigenvalue weighted by atomic mass is 9.89. The molecule has 9 aromatic carbocycles. The first kappa shape index (κ1) is 92.6. The first-order valence-electron chi connectivity index (χ1n) is 44.7. The number of morpholine rings is 1. The van der Waals surface area contributed by atoms with Gasteiger partial charge in [-0.15, -0.1) is 0 Å². The van der Waals surface area contributed by atoms with Crippen molar-refractivity contribution in [1.82, 2.24) is 87.1 Å². The summed E-state index contributed by atoms with van der Waals surface area (Å²) in [5, 5.41) is 21.1. The smallest absolute Gasteiger partial charge is 0.322 e. The van der Waals surface area contributed by atoms with E-state index in [-0.39, 0.29) is 49.8 Å². The van der Waals surface area contributed by atoms with Crippen molar-refractivity contribution in [2.45, 2.75) is 48.3 Å². The number of amides is 16. The minimum absolute atomic E-state index is 0.0229. The number of rotatable bonds is 25. The number of carbonyl (C=O) groups excluding carboxylic acids is 12. The lowest BCUT2D eigenvalue weighted by molar-refractivity contribution is -0.125. The van der Waals surface area contributed by atoms with Crippen LogP contribution in [0.5, 0.6) is 69.0 Å². The Morgan fingerprint density at radius 3 is 0.979 bits per heavy atom. The van der Waals surface area contributed by atoms with Crippen LogP contribution in [0.15, 0.2) is 268 Å². The Labute approximate surface area is 809 Å². The number of ether oxygens (including phenoxy) is 9. The van der Waals surface area contributed by atoms with Crippen LogP contribution < -0.4 is 85.3 Å². The Kier molecular flexibility index (Phi) is 25.4. The molecule has 39 heteroatoms. The number of aromatic nitrogens is 5. The molecular weight excluding hydrogens is 1830 g/mol. The highest BCUT2D eigenvalue weighted by Gasteiger charge is 2.55. The molecular formula is C103H88N18O21. The van der Waals surface area contributed by atoms with Crippen molar-refractivity contribution < 1.29 is 100 Å². The number of anilines is 1. The summed E-state index contributed by atoms with van der Waals surface area (Å²) < 4.78 is 49.9. The van der Waals surface area contributed by atoms with E-state index in [1.807, 2.05) is 60.7 Å². The van der Waals surface area contributed by atoms with E-state index in [0.717, 1.165) is 52.1 Å². The second kappa shape index (κ2) is 39.0. The molecule has 16 amide bonds. The third-order valence-electron chi connectivity index (χ3n) is 25.4. The second-order valence-electron chi connectivity index (χ2n) is 34.0. The van der Waals surface area contributed by atoms with Gasteiger partial charge in [0, 0.05) is 85.5 Å². The zero-order chi connectivity index (χ0) is 98.6. The standard InChI is InChI=1S/C28H27N5O6.C28H22N4O5.C24H20N4O5.C23H19N5O5/c1-37-21-5-2-18-16-33(25(34)23(18)14-21)17-28(26(35)30-27(36)31-28)19-3-6-20(7-4-19)39-22-8-9-24(29-15-22)32-10-12-38-13-11-32;1-36-20-9-6-17-15-32(25(33)22(17)14-20)16-28(26(34)30-27(35)31-28)18-7-10-19(11-8-18)37-24-12-13-29-23-5-3-2-4-21(23)24;1-32-19-5-2-15-13-28(21(29)20(15)12-19)14-24(22(30)26-23(31)27-24)16-3-6-17(7-4-16)33-18-8-10-25-11-9-18;1-32-17-5-2-14-11-28(20(29)19(14)8-17)12-23(21(30)26-22(31)27-23)15-3-6-16(7-4-15)33-18-9-24-13-25-10-18/h2-9,14-15H,10-13,16-17H2,1H3,(H2,30,31,35,36);2-14H,15-16H2,1H3,(H2,30,31,34,35);2-12H,13-14H2,1H3,(H2,26,27,30,31);2-10,13H,11-12H2,1H3,(H2,26,27,30,31)/t2*28-;24-;23-/m0000/s1. The molecule has 0 saturated carbocycles. The third kappa shape index (κ3) is 18.6. The average Bonchev–Trinajstić information content (AvgIpc) is 1.61. The summed E-state index contributed by atoms with van der Waals surface area (Å²) in [6.45, 7) is 4.11. The zero-order valence-corrected chi connectivity index (χ0v) is 76.4. The van der Waals surface area contributed by atoms with Crippen molar-refractivity contribution in [3.8, 4) is 69.0 Å². The van der Waals surface area contributed by atoms with Crippen LogP contribution in [0.25, 0.3) is 10.9 Å². The van der Waals surface area contributed by atoms with Gasteiger partial charge in [0.05, 0.1) is 91.9 Å². The number of hydrogen-bond donors (Lipinski definition) is 8. The zero-order valence-electron chi connectivity index (χ0n) is 76.4. The van der Waals surface area contributed by atoms with Crippen molar-refractivity contribution >= 4 is 88.1 Å². The molecule has 8 N–H and O–H groups in total. The van der Waals surface area contributed by atoms with E-state index >= 15 is 0 Å². The van der Waals surface area contributed by atoms with Gasteiger partial charge in [0.1, 0.15) is 75.4 Å². The summed E-state index contributed by atoms with van der Waals surface area (Å²) in [6, 6.07) is 62.7. The summed E-state index contributed by atoms with van der Waals surface area (Å²) >= 11 is 0. The largest absolute Gasteiger partial charge is 0.497 e. The van der Waals surface area contributed by atoms with E-state index in [1.54, 1.807) is 208 Å². The van der Waals surface area contributed by atoms with E-state index in [0.29, 0.717) is 153 Å². The van der Waals surface area contributed by atoms with Crippen molar-refractivity contribution in [3.63, 3.8) is 0 Å². The van der Waals surface area contributed by atoms with Crippen molar-refractivity contribution in [3.05, 3.63) is 335 Å². The summed E-state index contributed by atoms with van der Waals surface area (Å²) in [5.41, 5.74) is 2.59. The molecule has 4 aromatic heterocycles. The molecule has 142 heavy (non-hydrogen) atoms. The molecule has 9 aliphatic rings. The van der Waals surface area contributed by atoms with Gasteiger partial charge in [-0.3, -0.25) is 69.6 Å². The number of methoxy groups -OCH3 is 4. The highest BCUT2D eigenvalue weighted by molar-refractivity contribution is 6.12. The molecule has 4 atom stereocenters. The van der Waals surface area contributed by atoms with E-state index in [2.05, 4.69) is 72.4 Å². The number of para-hydroxylation sites is 1. The quantitative estimate of drug-likeness (QED) is 0.0246. The van der Waals surface area contributed by atoms with Crippen molar-refractivity contribution in [2.75, 3.05) is 85.8 Å². The van der Waals surface area contributed by atoms with Crippen LogP contribution in [0.3, 0.4) is 0 Å². The van der Waals surface area contributed by atoms with E-state index in [9.17, 15) is 57.5 Å². The number of urea groups is 4. The molecule has 5 saturated heterocycles. The van der Waals surface area contributed by atoms with E-state index < -0.39 is 69.9 Å². The topological polar surface area (TPSA) is 465 Å². The summed E-state index contributed by atoms with van der Waals surface area (Å²) in [7, 11) is 6.15. The lowest BCUT2D eigenvalue weighted by Gasteiger charge is -2.31.